The van der Waals surface area contributed by atoms with Gasteiger partial charge in [-0.25, -0.2) is 9.97 Å². The van der Waals surface area contributed by atoms with Crippen LogP contribution in [0.15, 0.2) is 291 Å². The largest absolute Gasteiger partial charge is 0.309 e. The van der Waals surface area contributed by atoms with E-state index < -0.39 is 0 Å². The molecular formula is C78H48N6. The zero-order valence-electron chi connectivity index (χ0n) is 45.4. The van der Waals surface area contributed by atoms with E-state index in [0.29, 0.717) is 5.82 Å². The molecule has 6 nitrogen and oxygen atoms in total. The van der Waals surface area contributed by atoms with Gasteiger partial charge >= 0.3 is 0 Å². The fraction of sp³-hybridized carbons (Fsp3) is 0. The van der Waals surface area contributed by atoms with Gasteiger partial charge in [0, 0.05) is 83.0 Å². The summed E-state index contributed by atoms with van der Waals surface area (Å²) in [7, 11) is 0. The third kappa shape index (κ3) is 6.98. The van der Waals surface area contributed by atoms with Gasteiger partial charge in [-0.15, -0.1) is 0 Å². The Morgan fingerprint density at radius 3 is 0.976 bits per heavy atom. The monoisotopic (exact) mass is 1070 g/mol. The SMILES string of the molecule is c1ccc(-n2c3ccccc3c3cc(-c4ccc5c(c4)c4ccccc4n5-c4cc(-c5ncc6c(ccc7ccccc76)n5)cc(-n5c6ccccc6c6cc(-c7ccc8c(c7)c7ccccc7n8-c7ccccc7)ccc65)c4)ccc32)cc1. The van der Waals surface area contributed by atoms with Gasteiger partial charge in [0.1, 0.15) is 0 Å². The summed E-state index contributed by atoms with van der Waals surface area (Å²) in [4.78, 5) is 10.6. The molecule has 5 heterocycles. The summed E-state index contributed by atoms with van der Waals surface area (Å²) in [6.07, 6.45) is 2.00. The molecular weight excluding hydrogens is 1020 g/mol. The van der Waals surface area contributed by atoms with Gasteiger partial charge in [0.15, 0.2) is 5.82 Å². The molecule has 18 aromatic rings. The fourth-order valence-corrected chi connectivity index (χ4v) is 13.8. The van der Waals surface area contributed by atoms with Crippen molar-refractivity contribution >= 4 is 109 Å². The van der Waals surface area contributed by atoms with Gasteiger partial charge in [-0.3, -0.25) is 0 Å². The average molecular weight is 1070 g/mol. The molecule has 0 unspecified atom stereocenters. The van der Waals surface area contributed by atoms with E-state index >= 15 is 0 Å². The topological polar surface area (TPSA) is 45.5 Å². The van der Waals surface area contributed by atoms with Crippen LogP contribution in [0.3, 0.4) is 0 Å². The van der Waals surface area contributed by atoms with Gasteiger partial charge in [0.2, 0.25) is 0 Å². The second-order valence-corrected chi connectivity index (χ2v) is 22.2. The highest BCUT2D eigenvalue weighted by Gasteiger charge is 2.22. The number of aromatic nitrogens is 6. The van der Waals surface area contributed by atoms with Crippen molar-refractivity contribution in [1.29, 1.82) is 0 Å². The molecule has 0 fully saturated rings. The van der Waals surface area contributed by atoms with Crippen LogP contribution in [0.1, 0.15) is 0 Å². The second-order valence-electron chi connectivity index (χ2n) is 22.2. The minimum absolute atomic E-state index is 0.667. The maximum atomic E-state index is 5.37. The molecule has 18 rings (SSSR count). The molecule has 0 bridgehead atoms. The third-order valence-electron chi connectivity index (χ3n) is 17.6. The van der Waals surface area contributed by atoms with Gasteiger partial charge in [0.05, 0.1) is 49.7 Å². The standard InChI is InChI=1S/C78H48N6/c1-3-18-55(19-4-1)81-70-27-13-9-23-60(70)64-43-50(32-37-74(64)81)52-34-39-76-66(45-52)62-25-11-15-29-72(62)83(76)57-41-54(78-79-48-68-59-22-8-7-17-49(59)31-36-69(68)80-78)42-58(47-57)84-73-30-16-12-26-63(73)67-46-53(35-40-77(67)84)51-33-38-75-65(44-51)61-24-10-14-28-71(61)82(75)56-20-5-2-6-21-56/h1-48H. The normalized spacial score (nSPS) is 12.0. The highest BCUT2D eigenvalue weighted by molar-refractivity contribution is 6.15. The molecule has 0 aliphatic carbocycles. The van der Waals surface area contributed by atoms with E-state index in [0.717, 1.165) is 66.7 Å². The molecule has 5 aromatic heterocycles. The molecule has 0 saturated heterocycles. The first-order valence-corrected chi connectivity index (χ1v) is 28.7. The number of rotatable bonds is 7. The molecule has 0 atom stereocenters. The summed E-state index contributed by atoms with van der Waals surface area (Å²) in [6.45, 7) is 0. The minimum Gasteiger partial charge on any atom is -0.309 e. The predicted molar refractivity (Wildman–Crippen MR) is 351 cm³/mol. The molecule has 0 aliphatic rings. The Labute approximate surface area is 482 Å². The third-order valence-corrected chi connectivity index (χ3v) is 17.6. The van der Waals surface area contributed by atoms with Crippen molar-refractivity contribution in [1.82, 2.24) is 28.2 Å². The van der Waals surface area contributed by atoms with Gasteiger partial charge in [-0.2, -0.15) is 0 Å². The predicted octanol–water partition coefficient (Wildman–Crippen LogP) is 20.2. The summed E-state index contributed by atoms with van der Waals surface area (Å²) in [5, 5.41) is 13.0. The number of benzene rings is 13. The van der Waals surface area contributed by atoms with E-state index in [1.54, 1.807) is 0 Å². The van der Waals surface area contributed by atoms with Crippen molar-refractivity contribution < 1.29 is 0 Å². The molecule has 6 heteroatoms. The van der Waals surface area contributed by atoms with Crippen LogP contribution in [0.25, 0.3) is 165 Å². The molecule has 390 valence electrons. The Hall–Kier alpha value is -11.3. The Balaban J connectivity index is 0.826. The first-order chi connectivity index (χ1) is 41.6. The molecule has 0 radical (unpaired) electrons. The van der Waals surface area contributed by atoms with Gasteiger partial charge in [-0.05, 0) is 154 Å². The van der Waals surface area contributed by atoms with Crippen LogP contribution >= 0.6 is 0 Å². The van der Waals surface area contributed by atoms with Gasteiger partial charge < -0.3 is 18.3 Å². The average Bonchev–Trinajstić information content (AvgIpc) is 2.73. The summed E-state index contributed by atoms with van der Waals surface area (Å²) in [5.74, 6) is 0.667. The summed E-state index contributed by atoms with van der Waals surface area (Å²) < 4.78 is 9.62. The van der Waals surface area contributed by atoms with E-state index in [9.17, 15) is 0 Å². The quantitative estimate of drug-likeness (QED) is 0.149. The second kappa shape index (κ2) is 18.1. The van der Waals surface area contributed by atoms with Crippen LogP contribution in [-0.2, 0) is 0 Å². The van der Waals surface area contributed by atoms with Crippen molar-refractivity contribution in [2.45, 2.75) is 0 Å². The highest BCUT2D eigenvalue weighted by atomic mass is 15.0. The van der Waals surface area contributed by atoms with Crippen molar-refractivity contribution in [3.63, 3.8) is 0 Å². The summed E-state index contributed by atoms with van der Waals surface area (Å²) in [5.41, 5.74) is 20.1. The highest BCUT2D eigenvalue weighted by Crippen LogP contribution is 2.43. The first-order valence-electron chi connectivity index (χ1n) is 28.7. The van der Waals surface area contributed by atoms with Crippen LogP contribution in [0.2, 0.25) is 0 Å². The Morgan fingerprint density at radius 2 is 0.560 bits per heavy atom. The zero-order chi connectivity index (χ0) is 55.0. The molecule has 0 amide bonds. The Kier molecular flexibility index (Phi) is 9.99. The van der Waals surface area contributed by atoms with Crippen LogP contribution in [0.5, 0.6) is 0 Å². The summed E-state index contributed by atoms with van der Waals surface area (Å²) >= 11 is 0. The van der Waals surface area contributed by atoms with E-state index in [2.05, 4.69) is 303 Å². The van der Waals surface area contributed by atoms with E-state index in [-0.39, 0.29) is 0 Å². The van der Waals surface area contributed by atoms with Crippen LogP contribution in [0, 0.1) is 0 Å². The van der Waals surface area contributed by atoms with Crippen molar-refractivity contribution in [2.24, 2.45) is 0 Å². The number of nitrogens with zero attached hydrogens (tertiary/aromatic N) is 6. The van der Waals surface area contributed by atoms with E-state index in [1.807, 2.05) is 6.20 Å². The van der Waals surface area contributed by atoms with E-state index in [1.165, 1.54) is 92.8 Å². The Morgan fingerprint density at radius 1 is 0.214 bits per heavy atom. The van der Waals surface area contributed by atoms with E-state index in [4.69, 9.17) is 9.97 Å². The first kappa shape index (κ1) is 46.4. The molecule has 0 aliphatic heterocycles. The lowest BCUT2D eigenvalue weighted by Gasteiger charge is -2.16. The smallest absolute Gasteiger partial charge is 0.159 e. The lowest BCUT2D eigenvalue weighted by Crippen LogP contribution is -2.01. The lowest BCUT2D eigenvalue weighted by atomic mass is 10.0. The van der Waals surface area contributed by atoms with Gasteiger partial charge in [0.25, 0.3) is 0 Å². The number of fused-ring (bicyclic) bond motifs is 15. The molecule has 84 heavy (non-hydrogen) atoms. The molecule has 13 aromatic carbocycles. The van der Waals surface area contributed by atoms with Crippen molar-refractivity contribution in [3.8, 4) is 56.4 Å². The van der Waals surface area contributed by atoms with Crippen LogP contribution < -0.4 is 0 Å². The number of para-hydroxylation sites is 6. The molecule has 0 N–H and O–H groups in total. The Bertz CT molecular complexity index is 5450. The maximum absolute atomic E-state index is 5.37. The zero-order valence-corrected chi connectivity index (χ0v) is 45.4. The van der Waals surface area contributed by atoms with Crippen molar-refractivity contribution in [2.75, 3.05) is 0 Å². The molecule has 0 spiro atoms. The molecule has 0 saturated carbocycles. The lowest BCUT2D eigenvalue weighted by molar-refractivity contribution is 1.13. The fourth-order valence-electron chi connectivity index (χ4n) is 13.8. The van der Waals surface area contributed by atoms with Gasteiger partial charge in [-0.1, -0.05) is 164 Å². The number of hydrogen-bond acceptors (Lipinski definition) is 2. The van der Waals surface area contributed by atoms with Crippen LogP contribution in [0.4, 0.5) is 0 Å². The minimum atomic E-state index is 0.667. The maximum Gasteiger partial charge on any atom is 0.159 e. The van der Waals surface area contributed by atoms with Crippen LogP contribution in [-0.4, -0.2) is 28.2 Å². The summed E-state index contributed by atoms with van der Waals surface area (Å²) in [6, 6.07) is 104. The number of hydrogen-bond donors (Lipinski definition) is 0. The van der Waals surface area contributed by atoms with Crippen molar-refractivity contribution in [3.05, 3.63) is 291 Å².